The number of nitrogen functional groups attached to an aromatic ring is 1. The van der Waals surface area contributed by atoms with E-state index in [-0.39, 0.29) is 0 Å². The van der Waals surface area contributed by atoms with Gasteiger partial charge in [-0.1, -0.05) is 23.7 Å². The van der Waals surface area contributed by atoms with Gasteiger partial charge >= 0.3 is 0 Å². The molecule has 0 aliphatic rings. The van der Waals surface area contributed by atoms with Crippen molar-refractivity contribution in [3.8, 4) is 11.3 Å². The Morgan fingerprint density at radius 3 is 2.69 bits per heavy atom. The van der Waals surface area contributed by atoms with Crippen molar-refractivity contribution in [2.24, 2.45) is 5.84 Å². The van der Waals surface area contributed by atoms with Crippen LogP contribution in [-0.4, -0.2) is 10.2 Å². The number of hydrogen-bond acceptors (Lipinski definition) is 4. The SMILES string of the molecule is Cc1cc(-c2cccc(Cl)c2)nnc1NN. The fraction of sp³-hybridized carbons (Fsp3) is 0.0909. The van der Waals surface area contributed by atoms with Gasteiger partial charge in [0, 0.05) is 10.6 Å². The highest BCUT2D eigenvalue weighted by Gasteiger charge is 2.04. The van der Waals surface area contributed by atoms with Crippen LogP contribution in [0.2, 0.25) is 5.02 Å². The Hall–Kier alpha value is -1.65. The van der Waals surface area contributed by atoms with Gasteiger partial charge in [-0.3, -0.25) is 0 Å². The van der Waals surface area contributed by atoms with Crippen molar-refractivity contribution in [1.29, 1.82) is 0 Å². The summed E-state index contributed by atoms with van der Waals surface area (Å²) in [6.07, 6.45) is 0. The van der Waals surface area contributed by atoms with Gasteiger partial charge < -0.3 is 5.43 Å². The van der Waals surface area contributed by atoms with Crippen LogP contribution in [0.1, 0.15) is 5.56 Å². The Balaban J connectivity index is 2.45. The molecular weight excluding hydrogens is 224 g/mol. The summed E-state index contributed by atoms with van der Waals surface area (Å²) >= 11 is 5.91. The maximum Gasteiger partial charge on any atom is 0.165 e. The van der Waals surface area contributed by atoms with Gasteiger partial charge in [-0.15, -0.1) is 10.2 Å². The molecule has 16 heavy (non-hydrogen) atoms. The smallest absolute Gasteiger partial charge is 0.165 e. The molecule has 5 heteroatoms. The lowest BCUT2D eigenvalue weighted by Crippen LogP contribution is -2.11. The average molecular weight is 235 g/mol. The number of nitrogens with two attached hydrogens (primary N) is 1. The van der Waals surface area contributed by atoms with Gasteiger partial charge in [-0.25, -0.2) is 5.84 Å². The zero-order chi connectivity index (χ0) is 11.5. The summed E-state index contributed by atoms with van der Waals surface area (Å²) in [7, 11) is 0. The van der Waals surface area contributed by atoms with Gasteiger partial charge in [0.2, 0.25) is 0 Å². The first-order valence-electron chi connectivity index (χ1n) is 4.77. The lowest BCUT2D eigenvalue weighted by Gasteiger charge is -2.05. The topological polar surface area (TPSA) is 63.8 Å². The fourth-order valence-corrected chi connectivity index (χ4v) is 1.61. The quantitative estimate of drug-likeness (QED) is 0.619. The number of nitrogens with one attached hydrogen (secondary N) is 1. The van der Waals surface area contributed by atoms with Crippen LogP contribution < -0.4 is 11.3 Å². The summed E-state index contributed by atoms with van der Waals surface area (Å²) in [4.78, 5) is 0. The van der Waals surface area contributed by atoms with E-state index in [0.29, 0.717) is 10.8 Å². The second-order valence-electron chi connectivity index (χ2n) is 3.42. The summed E-state index contributed by atoms with van der Waals surface area (Å²) in [6, 6.07) is 9.39. The highest BCUT2D eigenvalue weighted by atomic mass is 35.5. The van der Waals surface area contributed by atoms with Gasteiger partial charge in [0.05, 0.1) is 5.69 Å². The molecule has 0 atom stereocenters. The summed E-state index contributed by atoms with van der Waals surface area (Å²) in [5, 5.41) is 8.72. The van der Waals surface area contributed by atoms with Crippen LogP contribution in [0, 0.1) is 6.92 Å². The summed E-state index contributed by atoms with van der Waals surface area (Å²) in [6.45, 7) is 1.91. The number of anilines is 1. The van der Waals surface area contributed by atoms with E-state index in [1.54, 1.807) is 0 Å². The van der Waals surface area contributed by atoms with Crippen molar-refractivity contribution >= 4 is 17.4 Å². The third-order valence-electron chi connectivity index (χ3n) is 2.24. The average Bonchev–Trinajstić information content (AvgIpc) is 2.29. The maximum atomic E-state index is 5.91. The van der Waals surface area contributed by atoms with Crippen molar-refractivity contribution in [3.05, 3.63) is 40.9 Å². The van der Waals surface area contributed by atoms with Gasteiger partial charge in [0.15, 0.2) is 5.82 Å². The Morgan fingerprint density at radius 1 is 1.25 bits per heavy atom. The molecule has 0 amide bonds. The molecule has 0 aliphatic carbocycles. The minimum absolute atomic E-state index is 0.575. The first kappa shape index (κ1) is 10.9. The Kier molecular flexibility index (Phi) is 3.03. The molecule has 0 fully saturated rings. The van der Waals surface area contributed by atoms with Crippen LogP contribution >= 0.6 is 11.6 Å². The minimum atomic E-state index is 0.575. The zero-order valence-corrected chi connectivity index (χ0v) is 9.49. The molecule has 0 aliphatic heterocycles. The molecule has 2 rings (SSSR count). The van der Waals surface area contributed by atoms with E-state index >= 15 is 0 Å². The molecular formula is C11H11ClN4. The summed E-state index contributed by atoms with van der Waals surface area (Å²) in [5.74, 6) is 5.86. The van der Waals surface area contributed by atoms with Crippen LogP contribution in [0.4, 0.5) is 5.82 Å². The molecule has 0 bridgehead atoms. The van der Waals surface area contributed by atoms with E-state index in [1.165, 1.54) is 0 Å². The lowest BCUT2D eigenvalue weighted by atomic mass is 10.1. The largest absolute Gasteiger partial charge is 0.307 e. The van der Waals surface area contributed by atoms with Crippen LogP contribution in [-0.2, 0) is 0 Å². The number of hydrazine groups is 1. The van der Waals surface area contributed by atoms with E-state index in [4.69, 9.17) is 17.4 Å². The predicted octanol–water partition coefficient (Wildman–Crippen LogP) is 2.39. The molecule has 3 N–H and O–H groups in total. The second kappa shape index (κ2) is 4.47. The number of hydrogen-bond donors (Lipinski definition) is 2. The van der Waals surface area contributed by atoms with Crippen LogP contribution in [0.15, 0.2) is 30.3 Å². The third kappa shape index (κ3) is 2.13. The number of aryl methyl sites for hydroxylation is 1. The molecule has 1 heterocycles. The Bertz CT molecular complexity index is 513. The molecule has 0 saturated carbocycles. The summed E-state index contributed by atoms with van der Waals surface area (Å²) in [5.41, 5.74) is 5.14. The number of halogens is 1. The highest BCUT2D eigenvalue weighted by molar-refractivity contribution is 6.30. The lowest BCUT2D eigenvalue weighted by molar-refractivity contribution is 1.01. The first-order chi connectivity index (χ1) is 7.70. The molecule has 0 unspecified atom stereocenters. The highest BCUT2D eigenvalue weighted by Crippen LogP contribution is 2.22. The molecule has 82 valence electrons. The summed E-state index contributed by atoms with van der Waals surface area (Å²) < 4.78 is 0. The van der Waals surface area contributed by atoms with E-state index in [1.807, 2.05) is 37.3 Å². The predicted molar refractivity (Wildman–Crippen MR) is 65.0 cm³/mol. The first-order valence-corrected chi connectivity index (χ1v) is 5.15. The molecule has 0 radical (unpaired) electrons. The number of benzene rings is 1. The Labute approximate surface area is 98.4 Å². The number of nitrogens with zero attached hydrogens (tertiary/aromatic N) is 2. The monoisotopic (exact) mass is 234 g/mol. The van der Waals surface area contributed by atoms with Crippen LogP contribution in [0.25, 0.3) is 11.3 Å². The second-order valence-corrected chi connectivity index (χ2v) is 3.85. The molecule has 0 spiro atoms. The standard InChI is InChI=1S/C11H11ClN4/c1-7-5-10(15-16-11(7)14-13)8-3-2-4-9(12)6-8/h2-6H,13H2,1H3,(H,14,16). The molecule has 0 saturated heterocycles. The van der Waals surface area contributed by atoms with Gasteiger partial charge in [-0.05, 0) is 30.7 Å². The van der Waals surface area contributed by atoms with Crippen molar-refractivity contribution < 1.29 is 0 Å². The Morgan fingerprint density at radius 2 is 2.06 bits per heavy atom. The van der Waals surface area contributed by atoms with E-state index < -0.39 is 0 Å². The minimum Gasteiger partial charge on any atom is -0.307 e. The number of aromatic nitrogens is 2. The van der Waals surface area contributed by atoms with Crippen molar-refractivity contribution in [1.82, 2.24) is 10.2 Å². The number of rotatable bonds is 2. The molecule has 1 aromatic carbocycles. The van der Waals surface area contributed by atoms with Gasteiger partial charge in [-0.2, -0.15) is 0 Å². The zero-order valence-electron chi connectivity index (χ0n) is 8.74. The third-order valence-corrected chi connectivity index (χ3v) is 2.48. The molecule has 2 aromatic rings. The fourth-order valence-electron chi connectivity index (χ4n) is 1.42. The van der Waals surface area contributed by atoms with Gasteiger partial charge in [0.25, 0.3) is 0 Å². The van der Waals surface area contributed by atoms with Crippen molar-refractivity contribution in [2.75, 3.05) is 5.43 Å². The van der Waals surface area contributed by atoms with Crippen molar-refractivity contribution in [2.45, 2.75) is 6.92 Å². The normalized spacial score (nSPS) is 10.2. The maximum absolute atomic E-state index is 5.91. The molecule has 1 aromatic heterocycles. The van der Waals surface area contributed by atoms with E-state index in [0.717, 1.165) is 16.8 Å². The van der Waals surface area contributed by atoms with Crippen LogP contribution in [0.5, 0.6) is 0 Å². The van der Waals surface area contributed by atoms with Crippen molar-refractivity contribution in [3.63, 3.8) is 0 Å². The van der Waals surface area contributed by atoms with Gasteiger partial charge in [0.1, 0.15) is 0 Å². The van der Waals surface area contributed by atoms with Crippen LogP contribution in [0.3, 0.4) is 0 Å². The van der Waals surface area contributed by atoms with E-state index in [9.17, 15) is 0 Å². The van der Waals surface area contributed by atoms with E-state index in [2.05, 4.69) is 15.6 Å². The molecule has 4 nitrogen and oxygen atoms in total.